The van der Waals surface area contributed by atoms with Crippen LogP contribution in [0.2, 0.25) is 0 Å². The number of carbonyl (C=O) groups excluding carboxylic acids is 5. The number of carbonyl (C=O) groups is 5. The zero-order valence-corrected chi connectivity index (χ0v) is 31.9. The number of ketones is 1. The van der Waals surface area contributed by atoms with Crippen LogP contribution in [0.1, 0.15) is 77.1 Å². The molecule has 0 bridgehead atoms. The van der Waals surface area contributed by atoms with Crippen molar-refractivity contribution in [3.63, 3.8) is 0 Å². The highest BCUT2D eigenvalue weighted by atomic mass is 32.2. The van der Waals surface area contributed by atoms with Crippen molar-refractivity contribution in [2.45, 2.75) is 72.4 Å². The molecule has 4 rings (SSSR count). The molecule has 0 radical (unpaired) electrons. The highest BCUT2D eigenvalue weighted by molar-refractivity contribution is 7.99. The summed E-state index contributed by atoms with van der Waals surface area (Å²) in [5, 5.41) is 2.79. The number of halogens is 2. The van der Waals surface area contributed by atoms with Gasteiger partial charge in [0.15, 0.2) is 5.78 Å². The van der Waals surface area contributed by atoms with Crippen LogP contribution in [0.3, 0.4) is 0 Å². The van der Waals surface area contributed by atoms with Crippen molar-refractivity contribution >= 4 is 41.2 Å². The van der Waals surface area contributed by atoms with Crippen LogP contribution in [0.5, 0.6) is 0 Å². The van der Waals surface area contributed by atoms with Crippen LogP contribution in [0.15, 0.2) is 60.8 Å². The number of Topliss-reactive ketones (excluding diaryl/α,β-unsaturated/α-hetero) is 1. The second kappa shape index (κ2) is 19.1. The van der Waals surface area contributed by atoms with Crippen molar-refractivity contribution in [3.8, 4) is 11.1 Å². The molecule has 4 amide bonds. The first-order chi connectivity index (χ1) is 25.2. The summed E-state index contributed by atoms with van der Waals surface area (Å²) < 4.78 is 31.4. The topological polar surface area (TPSA) is 135 Å². The molecule has 0 aliphatic carbocycles. The monoisotopic (exact) mass is 751 g/mol. The SMILES string of the molecule is CC1CC(=O)N(CC(=O)CCCNC(=O)CCSCC(=O)N(CCCN)[C@@H](c2cc(-c3cc(F)ccc3F)cn2Cc2ccccc2)C(C)(C)C)C1=O. The van der Waals surface area contributed by atoms with Gasteiger partial charge in [-0.2, -0.15) is 11.8 Å². The van der Waals surface area contributed by atoms with Crippen molar-refractivity contribution < 1.29 is 32.8 Å². The number of benzene rings is 2. The van der Waals surface area contributed by atoms with Crippen LogP contribution in [0.25, 0.3) is 11.1 Å². The maximum Gasteiger partial charge on any atom is 0.233 e. The number of likely N-dealkylation sites (tertiary alicyclic amines) is 1. The summed E-state index contributed by atoms with van der Waals surface area (Å²) in [6.07, 6.45) is 3.18. The Morgan fingerprint density at radius 1 is 1.04 bits per heavy atom. The smallest absolute Gasteiger partial charge is 0.233 e. The van der Waals surface area contributed by atoms with Crippen molar-refractivity contribution in [1.29, 1.82) is 0 Å². The number of nitrogens with two attached hydrogens (primary N) is 1. The number of nitrogens with one attached hydrogen (secondary N) is 1. The number of hydrogen-bond donors (Lipinski definition) is 2. The van der Waals surface area contributed by atoms with Gasteiger partial charge in [0.2, 0.25) is 23.6 Å². The summed E-state index contributed by atoms with van der Waals surface area (Å²) in [5.41, 5.74) is 7.88. The molecule has 2 aromatic carbocycles. The molecule has 1 aromatic heterocycles. The molecule has 1 aliphatic rings. The Morgan fingerprint density at radius 2 is 1.77 bits per heavy atom. The van der Waals surface area contributed by atoms with E-state index in [1.165, 1.54) is 17.8 Å². The Labute approximate surface area is 314 Å². The lowest BCUT2D eigenvalue weighted by molar-refractivity contribution is -0.142. The van der Waals surface area contributed by atoms with E-state index in [1.807, 2.05) is 72.8 Å². The molecule has 2 heterocycles. The van der Waals surface area contributed by atoms with E-state index >= 15 is 4.39 Å². The Morgan fingerprint density at radius 3 is 2.43 bits per heavy atom. The van der Waals surface area contributed by atoms with Gasteiger partial charge in [-0.3, -0.25) is 28.9 Å². The zero-order chi connectivity index (χ0) is 38.7. The van der Waals surface area contributed by atoms with E-state index in [0.717, 1.165) is 28.3 Å². The Bertz CT molecular complexity index is 1760. The molecular weight excluding hydrogens is 701 g/mol. The number of thioether (sulfide) groups is 1. The van der Waals surface area contributed by atoms with Gasteiger partial charge in [-0.25, -0.2) is 8.78 Å². The summed E-state index contributed by atoms with van der Waals surface area (Å²) in [6, 6.07) is 14.6. The third-order valence-corrected chi connectivity index (χ3v) is 10.1. The lowest BCUT2D eigenvalue weighted by Crippen LogP contribution is -2.44. The van der Waals surface area contributed by atoms with Crippen molar-refractivity contribution in [2.24, 2.45) is 17.1 Å². The largest absolute Gasteiger partial charge is 0.356 e. The first-order valence-corrected chi connectivity index (χ1v) is 19.2. The van der Waals surface area contributed by atoms with Gasteiger partial charge in [0.1, 0.15) is 11.6 Å². The first-order valence-electron chi connectivity index (χ1n) is 18.1. The highest BCUT2D eigenvalue weighted by Crippen LogP contribution is 2.41. The fourth-order valence-corrected chi connectivity index (χ4v) is 7.36. The van der Waals surface area contributed by atoms with Gasteiger partial charge in [0.05, 0.1) is 18.3 Å². The van der Waals surface area contributed by atoms with E-state index in [1.54, 1.807) is 6.92 Å². The molecule has 3 aromatic rings. The van der Waals surface area contributed by atoms with E-state index < -0.39 is 29.0 Å². The number of aromatic nitrogens is 1. The molecular formula is C40H51F2N5O5S. The molecule has 0 spiro atoms. The second-order valence-corrected chi connectivity index (χ2v) is 15.7. The molecule has 10 nitrogen and oxygen atoms in total. The predicted octanol–water partition coefficient (Wildman–Crippen LogP) is 5.73. The van der Waals surface area contributed by atoms with E-state index in [4.69, 9.17) is 5.73 Å². The summed E-state index contributed by atoms with van der Waals surface area (Å²) in [5.74, 6) is -2.21. The molecule has 0 saturated carbocycles. The fraction of sp³-hybridized carbons (Fsp3) is 0.475. The van der Waals surface area contributed by atoms with Gasteiger partial charge >= 0.3 is 0 Å². The van der Waals surface area contributed by atoms with Crippen LogP contribution < -0.4 is 11.1 Å². The maximum absolute atomic E-state index is 15.0. The van der Waals surface area contributed by atoms with Crippen molar-refractivity contribution in [3.05, 3.63) is 83.7 Å². The molecule has 3 N–H and O–H groups in total. The molecule has 2 atom stereocenters. The Balaban J connectivity index is 1.40. The average Bonchev–Trinajstić information content (AvgIpc) is 3.61. The van der Waals surface area contributed by atoms with Gasteiger partial charge in [0, 0.05) is 73.6 Å². The van der Waals surface area contributed by atoms with Crippen LogP contribution in [0, 0.1) is 23.0 Å². The minimum atomic E-state index is -0.549. The van der Waals surface area contributed by atoms with Gasteiger partial charge in [-0.1, -0.05) is 58.0 Å². The predicted molar refractivity (Wildman–Crippen MR) is 203 cm³/mol. The standard InChI is InChI=1S/C40H51F2N5O5S/c1-27-20-36(50)47(39(27)52)25-31(48)12-8-17-44-35(49)15-19-53-26-37(51)46(18-9-16-43)38(40(2,3)4)34-21-29(32-22-30(41)13-14-33(32)42)24-45(34)23-28-10-6-5-7-11-28/h5-7,10-11,13-14,21-22,24,27,38H,8-9,12,15-20,23,25-26,43H2,1-4H3,(H,44,49)/t27?,38-/m0/s1. The summed E-state index contributed by atoms with van der Waals surface area (Å²) in [4.78, 5) is 65.7. The fourth-order valence-electron chi connectivity index (χ4n) is 6.55. The molecule has 1 saturated heterocycles. The summed E-state index contributed by atoms with van der Waals surface area (Å²) in [6.45, 7) is 9.04. The Kier molecular flexibility index (Phi) is 14.9. The Hall–Kier alpha value is -4.36. The molecule has 286 valence electrons. The highest BCUT2D eigenvalue weighted by Gasteiger charge is 2.38. The normalized spacial score (nSPS) is 15.2. The van der Waals surface area contributed by atoms with E-state index in [-0.39, 0.29) is 73.1 Å². The quantitative estimate of drug-likeness (QED) is 0.118. The molecule has 53 heavy (non-hydrogen) atoms. The van der Waals surface area contributed by atoms with Gasteiger partial charge in [-0.15, -0.1) is 0 Å². The number of hydrogen-bond acceptors (Lipinski definition) is 7. The van der Waals surface area contributed by atoms with Gasteiger partial charge in [0.25, 0.3) is 0 Å². The zero-order valence-electron chi connectivity index (χ0n) is 31.0. The third-order valence-electron chi connectivity index (χ3n) is 9.16. The minimum Gasteiger partial charge on any atom is -0.356 e. The first kappa shape index (κ1) is 41.4. The molecule has 13 heteroatoms. The third kappa shape index (κ3) is 11.6. The van der Waals surface area contributed by atoms with Crippen LogP contribution >= 0.6 is 11.8 Å². The van der Waals surface area contributed by atoms with Gasteiger partial charge in [-0.05, 0) is 54.6 Å². The molecule has 1 unspecified atom stereocenters. The number of nitrogens with zero attached hydrogens (tertiary/aromatic N) is 3. The van der Waals surface area contributed by atoms with E-state index in [2.05, 4.69) is 5.32 Å². The van der Waals surface area contributed by atoms with E-state index in [9.17, 15) is 28.4 Å². The molecule has 1 fully saturated rings. The minimum absolute atomic E-state index is 0.121. The van der Waals surface area contributed by atoms with Gasteiger partial charge < -0.3 is 20.5 Å². The van der Waals surface area contributed by atoms with Crippen LogP contribution in [0.4, 0.5) is 8.78 Å². The van der Waals surface area contributed by atoms with Crippen molar-refractivity contribution in [1.82, 2.24) is 19.7 Å². The molecule has 1 aliphatic heterocycles. The van der Waals surface area contributed by atoms with E-state index in [0.29, 0.717) is 43.8 Å². The lowest BCUT2D eigenvalue weighted by atomic mass is 9.83. The summed E-state index contributed by atoms with van der Waals surface area (Å²) >= 11 is 1.34. The average molecular weight is 752 g/mol. The van der Waals surface area contributed by atoms with Crippen molar-refractivity contribution in [2.75, 3.05) is 37.7 Å². The number of amides is 4. The summed E-state index contributed by atoms with van der Waals surface area (Å²) in [7, 11) is 0. The number of rotatable bonds is 19. The van der Waals surface area contributed by atoms with Crippen LogP contribution in [-0.2, 0) is 30.5 Å². The number of imide groups is 1. The second-order valence-electron chi connectivity index (χ2n) is 14.6. The lowest BCUT2D eigenvalue weighted by Gasteiger charge is -2.41. The maximum atomic E-state index is 15.0. The van der Waals surface area contributed by atoms with Crippen LogP contribution in [-0.4, -0.2) is 81.5 Å².